The third-order valence-corrected chi connectivity index (χ3v) is 2.14. The van der Waals surface area contributed by atoms with E-state index < -0.39 is 18.1 Å². The lowest BCUT2D eigenvalue weighted by Crippen LogP contribution is -2.36. The third kappa shape index (κ3) is 3.44. The zero-order valence-electron chi connectivity index (χ0n) is 9.21. The lowest BCUT2D eigenvalue weighted by molar-refractivity contribution is -0.173. The smallest absolute Gasteiger partial charge is 0.471 e. The number of halogens is 3. The van der Waals surface area contributed by atoms with E-state index in [1.165, 1.54) is 13.0 Å². The molecule has 0 atom stereocenters. The van der Waals surface area contributed by atoms with Gasteiger partial charge in [-0.25, -0.2) is 9.78 Å². The number of pyridine rings is 1. The van der Waals surface area contributed by atoms with Crippen molar-refractivity contribution in [3.63, 3.8) is 0 Å². The zero-order chi connectivity index (χ0) is 13.9. The van der Waals surface area contributed by atoms with Gasteiger partial charge in [0.2, 0.25) is 0 Å². The van der Waals surface area contributed by atoms with Crippen molar-refractivity contribution in [3.05, 3.63) is 29.1 Å². The molecule has 8 heteroatoms. The fraction of sp³-hybridized carbons (Fsp3) is 0.300. The highest BCUT2D eigenvalue weighted by atomic mass is 19.4. The summed E-state index contributed by atoms with van der Waals surface area (Å²) in [6, 6.07) is 1.22. The first kappa shape index (κ1) is 13.9. The van der Waals surface area contributed by atoms with Crippen LogP contribution in [0.2, 0.25) is 0 Å². The third-order valence-electron chi connectivity index (χ3n) is 2.14. The molecule has 0 aliphatic carbocycles. The van der Waals surface area contributed by atoms with E-state index in [0.29, 0.717) is 11.1 Å². The summed E-state index contributed by atoms with van der Waals surface area (Å²) in [5.74, 6) is -3.28. The van der Waals surface area contributed by atoms with Crippen molar-refractivity contribution >= 4 is 11.9 Å². The Morgan fingerprint density at radius 3 is 2.50 bits per heavy atom. The summed E-state index contributed by atoms with van der Waals surface area (Å²) in [5.41, 5.74) is 0.542. The average Bonchev–Trinajstić information content (AvgIpc) is 2.25. The molecule has 1 aromatic rings. The maximum atomic E-state index is 11.9. The molecule has 2 N–H and O–H groups in total. The second kappa shape index (κ2) is 5.03. The molecule has 0 spiro atoms. The number of carboxylic acids is 1. The van der Waals surface area contributed by atoms with Gasteiger partial charge in [0.25, 0.3) is 0 Å². The van der Waals surface area contributed by atoms with Crippen LogP contribution in [0.5, 0.6) is 0 Å². The number of hydrogen-bond acceptors (Lipinski definition) is 3. The van der Waals surface area contributed by atoms with Gasteiger partial charge in [-0.3, -0.25) is 4.79 Å². The number of carbonyl (C=O) groups excluding carboxylic acids is 1. The van der Waals surface area contributed by atoms with Gasteiger partial charge in [0, 0.05) is 12.7 Å². The summed E-state index contributed by atoms with van der Waals surface area (Å²) < 4.78 is 35.8. The first-order chi connectivity index (χ1) is 8.21. The van der Waals surface area contributed by atoms with E-state index in [1.807, 2.05) is 0 Å². The molecular formula is C10H9F3N2O3. The number of hydrogen-bond donors (Lipinski definition) is 2. The van der Waals surface area contributed by atoms with Gasteiger partial charge in [-0.1, -0.05) is 0 Å². The topological polar surface area (TPSA) is 79.3 Å². The monoisotopic (exact) mass is 262 g/mol. The molecule has 0 bridgehead atoms. The highest BCUT2D eigenvalue weighted by molar-refractivity contribution is 5.85. The van der Waals surface area contributed by atoms with E-state index in [1.54, 1.807) is 5.32 Å². The van der Waals surface area contributed by atoms with Crippen molar-refractivity contribution in [1.82, 2.24) is 10.3 Å². The van der Waals surface area contributed by atoms with Gasteiger partial charge >= 0.3 is 18.1 Å². The standard InChI is InChI=1S/C10H9F3N2O3/c1-5-2-7(8(16)17)14-3-6(5)4-15-9(18)10(11,12)13/h2-3H,4H2,1H3,(H,15,18)(H,16,17). The number of alkyl halides is 3. The minimum absolute atomic E-state index is 0.210. The Balaban J connectivity index is 2.75. The van der Waals surface area contributed by atoms with Crippen LogP contribution < -0.4 is 5.32 Å². The minimum atomic E-state index is -4.94. The number of aryl methyl sites for hydroxylation is 1. The summed E-state index contributed by atoms with van der Waals surface area (Å²) in [5, 5.41) is 10.3. The number of carboxylic acid groups (broad SMARTS) is 1. The van der Waals surface area contributed by atoms with Gasteiger partial charge < -0.3 is 10.4 Å². The molecule has 18 heavy (non-hydrogen) atoms. The average molecular weight is 262 g/mol. The zero-order valence-corrected chi connectivity index (χ0v) is 9.21. The van der Waals surface area contributed by atoms with Gasteiger partial charge in [0.15, 0.2) is 0 Å². The maximum absolute atomic E-state index is 11.9. The van der Waals surface area contributed by atoms with Gasteiger partial charge in [0.05, 0.1) is 0 Å². The molecule has 1 rings (SSSR count). The molecule has 98 valence electrons. The number of carbonyl (C=O) groups is 2. The number of rotatable bonds is 3. The van der Waals surface area contributed by atoms with Gasteiger partial charge in [0.1, 0.15) is 5.69 Å². The van der Waals surface area contributed by atoms with Crippen molar-refractivity contribution in [2.45, 2.75) is 19.6 Å². The van der Waals surface area contributed by atoms with E-state index >= 15 is 0 Å². The summed E-state index contributed by atoms with van der Waals surface area (Å²) in [6.07, 6.45) is -3.82. The Labute approximate surface area is 99.6 Å². The quantitative estimate of drug-likeness (QED) is 0.859. The normalized spacial score (nSPS) is 11.1. The molecule has 0 saturated carbocycles. The summed E-state index contributed by atoms with van der Waals surface area (Å²) in [4.78, 5) is 24.7. The predicted molar refractivity (Wildman–Crippen MR) is 53.8 cm³/mol. The second-order valence-electron chi connectivity index (χ2n) is 3.48. The predicted octanol–water partition coefficient (Wildman–Crippen LogP) is 1.27. The van der Waals surface area contributed by atoms with Crippen molar-refractivity contribution in [2.24, 2.45) is 0 Å². The Morgan fingerprint density at radius 2 is 2.06 bits per heavy atom. The first-order valence-electron chi connectivity index (χ1n) is 4.75. The fourth-order valence-electron chi connectivity index (χ4n) is 1.16. The van der Waals surface area contributed by atoms with Crippen LogP contribution in [0, 0.1) is 6.92 Å². The first-order valence-corrected chi connectivity index (χ1v) is 4.75. The van der Waals surface area contributed by atoms with Crippen molar-refractivity contribution in [3.8, 4) is 0 Å². The molecule has 0 saturated heterocycles. The van der Waals surface area contributed by atoms with E-state index in [0.717, 1.165) is 6.20 Å². The van der Waals surface area contributed by atoms with E-state index in [4.69, 9.17) is 5.11 Å². The Bertz CT molecular complexity index is 486. The Morgan fingerprint density at radius 1 is 1.44 bits per heavy atom. The van der Waals surface area contributed by atoms with Gasteiger partial charge in [-0.15, -0.1) is 0 Å². The van der Waals surface area contributed by atoms with Gasteiger partial charge in [-0.05, 0) is 24.1 Å². The summed E-state index contributed by atoms with van der Waals surface area (Å²) >= 11 is 0. The van der Waals surface area contributed by atoms with Crippen LogP contribution in [0.15, 0.2) is 12.3 Å². The van der Waals surface area contributed by atoms with E-state index in [9.17, 15) is 22.8 Å². The summed E-state index contributed by atoms with van der Waals surface area (Å²) in [6.45, 7) is 1.15. The molecule has 1 amide bonds. The van der Waals surface area contributed by atoms with Crippen LogP contribution in [-0.2, 0) is 11.3 Å². The highest BCUT2D eigenvalue weighted by Gasteiger charge is 2.38. The SMILES string of the molecule is Cc1cc(C(=O)O)ncc1CNC(=O)C(F)(F)F. The molecule has 0 aromatic carbocycles. The highest BCUT2D eigenvalue weighted by Crippen LogP contribution is 2.15. The van der Waals surface area contributed by atoms with Crippen molar-refractivity contribution < 1.29 is 27.9 Å². The largest absolute Gasteiger partial charge is 0.477 e. The van der Waals surface area contributed by atoms with E-state index in [2.05, 4.69) is 4.98 Å². The van der Waals surface area contributed by atoms with Crippen LogP contribution in [0.1, 0.15) is 21.6 Å². The van der Waals surface area contributed by atoms with E-state index in [-0.39, 0.29) is 12.2 Å². The molecular weight excluding hydrogens is 253 g/mol. The fourth-order valence-corrected chi connectivity index (χ4v) is 1.16. The molecule has 0 unspecified atom stereocenters. The summed E-state index contributed by atoms with van der Waals surface area (Å²) in [7, 11) is 0. The lowest BCUT2D eigenvalue weighted by Gasteiger charge is -2.09. The van der Waals surface area contributed by atoms with Crippen molar-refractivity contribution in [1.29, 1.82) is 0 Å². The van der Waals surface area contributed by atoms with Crippen LogP contribution >= 0.6 is 0 Å². The minimum Gasteiger partial charge on any atom is -0.477 e. The number of nitrogens with zero attached hydrogens (tertiary/aromatic N) is 1. The van der Waals surface area contributed by atoms with Crippen molar-refractivity contribution in [2.75, 3.05) is 0 Å². The molecule has 0 aliphatic rings. The number of aromatic nitrogens is 1. The van der Waals surface area contributed by atoms with Crippen LogP contribution in [0.25, 0.3) is 0 Å². The Hall–Kier alpha value is -2.12. The maximum Gasteiger partial charge on any atom is 0.471 e. The second-order valence-corrected chi connectivity index (χ2v) is 3.48. The van der Waals surface area contributed by atoms with Crippen LogP contribution in [0.4, 0.5) is 13.2 Å². The van der Waals surface area contributed by atoms with Gasteiger partial charge in [-0.2, -0.15) is 13.2 Å². The Kier molecular flexibility index (Phi) is 3.89. The molecule has 0 radical (unpaired) electrons. The molecule has 1 aromatic heterocycles. The lowest BCUT2D eigenvalue weighted by atomic mass is 10.1. The molecule has 0 fully saturated rings. The van der Waals surface area contributed by atoms with Crippen LogP contribution in [-0.4, -0.2) is 28.1 Å². The van der Waals surface area contributed by atoms with Crippen LogP contribution in [0.3, 0.4) is 0 Å². The number of aromatic carboxylic acids is 1. The molecule has 5 nitrogen and oxygen atoms in total. The molecule has 1 heterocycles. The number of amides is 1. The molecule has 0 aliphatic heterocycles. The number of nitrogens with one attached hydrogen (secondary N) is 1.